The van der Waals surface area contributed by atoms with Crippen LogP contribution in [0.1, 0.15) is 35.2 Å². The van der Waals surface area contributed by atoms with Gasteiger partial charge in [-0.25, -0.2) is 15.0 Å². The Morgan fingerprint density at radius 1 is 1.22 bits per heavy atom. The number of nitrogens with zero attached hydrogens (tertiary/aromatic N) is 4. The van der Waals surface area contributed by atoms with Crippen molar-refractivity contribution in [2.45, 2.75) is 39.7 Å². The largest absolute Gasteiger partial charge is 0.293 e. The molecule has 0 fully saturated rings. The van der Waals surface area contributed by atoms with Gasteiger partial charge in [-0.05, 0) is 49.8 Å². The molecule has 6 heteroatoms. The van der Waals surface area contributed by atoms with Crippen molar-refractivity contribution in [1.29, 1.82) is 0 Å². The summed E-state index contributed by atoms with van der Waals surface area (Å²) in [6, 6.07) is 7.82. The maximum atomic E-state index is 13.2. The summed E-state index contributed by atoms with van der Waals surface area (Å²) in [7, 11) is 0. The fourth-order valence-electron chi connectivity index (χ4n) is 3.91. The molecular formula is C21H20N4OS. The van der Waals surface area contributed by atoms with Crippen LogP contribution in [0.4, 0.5) is 0 Å². The van der Waals surface area contributed by atoms with Gasteiger partial charge in [-0.3, -0.25) is 9.36 Å². The second kappa shape index (κ2) is 6.23. The molecule has 3 heterocycles. The molecule has 0 amide bonds. The van der Waals surface area contributed by atoms with Crippen LogP contribution in [0.2, 0.25) is 0 Å². The number of aromatic nitrogens is 4. The molecule has 1 aliphatic rings. The van der Waals surface area contributed by atoms with E-state index in [9.17, 15) is 4.79 Å². The zero-order valence-electron chi connectivity index (χ0n) is 15.4. The van der Waals surface area contributed by atoms with Crippen LogP contribution in [0.5, 0.6) is 0 Å². The van der Waals surface area contributed by atoms with Crippen LogP contribution >= 0.6 is 11.3 Å². The molecule has 0 bridgehead atoms. The van der Waals surface area contributed by atoms with Gasteiger partial charge < -0.3 is 0 Å². The molecule has 1 atom stereocenters. The summed E-state index contributed by atoms with van der Waals surface area (Å²) in [4.78, 5) is 29.4. The fraction of sp³-hybridized carbons (Fsp3) is 0.333. The summed E-state index contributed by atoms with van der Waals surface area (Å²) in [5.74, 6) is 0.684. The second-order valence-corrected chi connectivity index (χ2v) is 8.54. The van der Waals surface area contributed by atoms with Gasteiger partial charge in [0.05, 0.1) is 40.7 Å². The first-order valence-corrected chi connectivity index (χ1v) is 10.1. The number of thiophene rings is 1. The maximum Gasteiger partial charge on any atom is 0.262 e. The monoisotopic (exact) mass is 376 g/mol. The highest BCUT2D eigenvalue weighted by atomic mass is 32.1. The first-order chi connectivity index (χ1) is 13.1. The first kappa shape index (κ1) is 16.6. The molecular weight excluding hydrogens is 356 g/mol. The standard InChI is InChI=1S/C21H20N4OS/c1-12-7-8-14-18(9-12)27-20-19(14)21(26)25(11-22-20)10-17-13(2)23-15-5-3-4-6-16(15)24-17/h3-6,11-12H,7-10H2,1-2H3. The second-order valence-electron chi connectivity index (χ2n) is 7.45. The molecule has 5 rings (SSSR count). The highest BCUT2D eigenvalue weighted by molar-refractivity contribution is 7.18. The molecule has 27 heavy (non-hydrogen) atoms. The van der Waals surface area contributed by atoms with Gasteiger partial charge in [0, 0.05) is 4.88 Å². The summed E-state index contributed by atoms with van der Waals surface area (Å²) in [6.45, 7) is 4.62. The number of benzene rings is 1. The van der Waals surface area contributed by atoms with Gasteiger partial charge in [0.1, 0.15) is 4.83 Å². The lowest BCUT2D eigenvalue weighted by atomic mass is 9.89. The Balaban J connectivity index is 1.61. The Hall–Kier alpha value is -2.60. The molecule has 3 aromatic heterocycles. The van der Waals surface area contributed by atoms with Crippen molar-refractivity contribution in [3.05, 3.63) is 62.8 Å². The average Bonchev–Trinajstić information content (AvgIpc) is 3.02. The lowest BCUT2D eigenvalue weighted by Gasteiger charge is -2.17. The maximum absolute atomic E-state index is 13.2. The van der Waals surface area contributed by atoms with Crippen LogP contribution in [0, 0.1) is 12.8 Å². The third-order valence-electron chi connectivity index (χ3n) is 5.45. The predicted molar refractivity (Wildman–Crippen MR) is 108 cm³/mol. The number of rotatable bonds is 2. The van der Waals surface area contributed by atoms with Gasteiger partial charge in [-0.2, -0.15) is 0 Å². The van der Waals surface area contributed by atoms with Crippen LogP contribution in [0.15, 0.2) is 35.4 Å². The summed E-state index contributed by atoms with van der Waals surface area (Å²) in [5.41, 5.74) is 4.65. The van der Waals surface area contributed by atoms with E-state index in [0.29, 0.717) is 12.5 Å². The molecule has 0 radical (unpaired) electrons. The van der Waals surface area contributed by atoms with E-state index in [1.807, 2.05) is 31.2 Å². The topological polar surface area (TPSA) is 60.7 Å². The van der Waals surface area contributed by atoms with Gasteiger partial charge in [0.15, 0.2) is 0 Å². The van der Waals surface area contributed by atoms with Crippen molar-refractivity contribution in [3.8, 4) is 0 Å². The molecule has 0 saturated carbocycles. The van der Waals surface area contributed by atoms with Crippen molar-refractivity contribution in [2.24, 2.45) is 5.92 Å². The van der Waals surface area contributed by atoms with Gasteiger partial charge in [-0.15, -0.1) is 11.3 Å². The molecule has 136 valence electrons. The average molecular weight is 376 g/mol. The van der Waals surface area contributed by atoms with Crippen LogP contribution in [0.3, 0.4) is 0 Å². The Morgan fingerprint density at radius 3 is 2.81 bits per heavy atom. The van der Waals surface area contributed by atoms with Crippen LogP contribution in [-0.2, 0) is 19.4 Å². The van der Waals surface area contributed by atoms with Crippen molar-refractivity contribution >= 4 is 32.6 Å². The van der Waals surface area contributed by atoms with E-state index < -0.39 is 0 Å². The number of fused-ring (bicyclic) bond motifs is 4. The van der Waals surface area contributed by atoms with E-state index in [2.05, 4.69) is 16.9 Å². The first-order valence-electron chi connectivity index (χ1n) is 9.32. The molecule has 1 aliphatic carbocycles. The third-order valence-corrected chi connectivity index (χ3v) is 6.61. The van der Waals surface area contributed by atoms with Crippen molar-refractivity contribution in [1.82, 2.24) is 19.5 Å². The molecule has 5 nitrogen and oxygen atoms in total. The molecule has 1 unspecified atom stereocenters. The summed E-state index contributed by atoms with van der Waals surface area (Å²) in [5, 5.41) is 0.816. The molecule has 0 N–H and O–H groups in total. The van der Waals surface area contributed by atoms with E-state index in [1.165, 1.54) is 10.4 Å². The van der Waals surface area contributed by atoms with Crippen LogP contribution in [0.25, 0.3) is 21.3 Å². The van der Waals surface area contributed by atoms with Gasteiger partial charge in [0.25, 0.3) is 5.56 Å². The van der Waals surface area contributed by atoms with E-state index in [0.717, 1.165) is 51.9 Å². The number of aryl methyl sites for hydroxylation is 2. The Bertz CT molecular complexity index is 1240. The van der Waals surface area contributed by atoms with Gasteiger partial charge in [0.2, 0.25) is 0 Å². The van der Waals surface area contributed by atoms with Crippen molar-refractivity contribution < 1.29 is 0 Å². The quantitative estimate of drug-likeness (QED) is 0.533. The van der Waals surface area contributed by atoms with E-state index in [-0.39, 0.29) is 5.56 Å². The molecule has 0 aliphatic heterocycles. The normalized spacial score (nSPS) is 16.7. The molecule has 0 saturated heterocycles. The minimum atomic E-state index is 0.0430. The van der Waals surface area contributed by atoms with Gasteiger partial charge >= 0.3 is 0 Å². The Kier molecular flexibility index (Phi) is 3.82. The summed E-state index contributed by atoms with van der Waals surface area (Å²) < 4.78 is 1.68. The Morgan fingerprint density at radius 2 is 2.00 bits per heavy atom. The fourth-order valence-corrected chi connectivity index (χ4v) is 5.26. The van der Waals surface area contributed by atoms with Crippen molar-refractivity contribution in [3.63, 3.8) is 0 Å². The summed E-state index contributed by atoms with van der Waals surface area (Å²) in [6.07, 6.45) is 4.84. The predicted octanol–water partition coefficient (Wildman–Crippen LogP) is 3.88. The van der Waals surface area contributed by atoms with Crippen LogP contribution in [-0.4, -0.2) is 19.5 Å². The molecule has 4 aromatic rings. The lowest BCUT2D eigenvalue weighted by molar-refractivity contribution is 0.509. The minimum Gasteiger partial charge on any atom is -0.293 e. The zero-order chi connectivity index (χ0) is 18.5. The smallest absolute Gasteiger partial charge is 0.262 e. The molecule has 0 spiro atoms. The zero-order valence-corrected chi connectivity index (χ0v) is 16.2. The number of hydrogen-bond donors (Lipinski definition) is 0. The lowest BCUT2D eigenvalue weighted by Crippen LogP contribution is -2.23. The SMILES string of the molecule is Cc1nc2ccccc2nc1Cn1cnc2sc3c(c2c1=O)CCC(C)C3. The highest BCUT2D eigenvalue weighted by Gasteiger charge is 2.23. The molecule has 1 aromatic carbocycles. The van der Waals surface area contributed by atoms with E-state index in [1.54, 1.807) is 22.2 Å². The van der Waals surface area contributed by atoms with Crippen LogP contribution < -0.4 is 5.56 Å². The minimum absolute atomic E-state index is 0.0430. The van der Waals surface area contributed by atoms with Crippen molar-refractivity contribution in [2.75, 3.05) is 0 Å². The number of para-hydroxylation sites is 2. The highest BCUT2D eigenvalue weighted by Crippen LogP contribution is 2.35. The number of hydrogen-bond acceptors (Lipinski definition) is 5. The van der Waals surface area contributed by atoms with Gasteiger partial charge in [-0.1, -0.05) is 19.1 Å². The summed E-state index contributed by atoms with van der Waals surface area (Å²) >= 11 is 1.69. The van der Waals surface area contributed by atoms with E-state index >= 15 is 0 Å². The van der Waals surface area contributed by atoms with E-state index in [4.69, 9.17) is 4.98 Å². The Labute approximate surface area is 160 Å². The third kappa shape index (κ3) is 2.75.